The first-order chi connectivity index (χ1) is 9.78. The van der Waals surface area contributed by atoms with E-state index in [2.05, 4.69) is 21.4 Å². The van der Waals surface area contributed by atoms with Crippen molar-refractivity contribution >= 4 is 12.0 Å². The summed E-state index contributed by atoms with van der Waals surface area (Å²) in [6.07, 6.45) is 7.20. The monoisotopic (exact) mass is 266 g/mol. The van der Waals surface area contributed by atoms with Gasteiger partial charge < -0.3 is 10.3 Å². The van der Waals surface area contributed by atoms with Crippen molar-refractivity contribution in [2.45, 2.75) is 6.42 Å². The number of carbonyl (C=O) groups excluding carboxylic acids is 1. The smallest absolute Gasteiger partial charge is 0.244 e. The largest absolute Gasteiger partial charge is 0.352 e. The summed E-state index contributed by atoms with van der Waals surface area (Å²) >= 11 is 0. The van der Waals surface area contributed by atoms with Crippen molar-refractivity contribution in [3.05, 3.63) is 59.7 Å². The third kappa shape index (κ3) is 4.10. The standard InChI is InChI=1S/C15H14N4O/c16-9-13-3-1-2-12(8-13)4-5-15(20)18-7-6-14-10-17-11-19-14/h1-5,8,10-11H,6-7H2,(H,17,19)(H,18,20). The van der Waals surface area contributed by atoms with Gasteiger partial charge in [0.2, 0.25) is 5.91 Å². The summed E-state index contributed by atoms with van der Waals surface area (Å²) in [4.78, 5) is 18.5. The predicted molar refractivity (Wildman–Crippen MR) is 75.5 cm³/mol. The molecule has 2 rings (SSSR count). The lowest BCUT2D eigenvalue weighted by molar-refractivity contribution is -0.116. The number of hydrogen-bond donors (Lipinski definition) is 2. The van der Waals surface area contributed by atoms with Crippen molar-refractivity contribution in [1.82, 2.24) is 15.3 Å². The number of hydrogen-bond acceptors (Lipinski definition) is 3. The summed E-state index contributed by atoms with van der Waals surface area (Å²) in [6.45, 7) is 0.545. The summed E-state index contributed by atoms with van der Waals surface area (Å²) in [7, 11) is 0. The molecule has 0 radical (unpaired) electrons. The Hall–Kier alpha value is -2.87. The lowest BCUT2D eigenvalue weighted by Crippen LogP contribution is -2.23. The van der Waals surface area contributed by atoms with Crippen molar-refractivity contribution in [3.63, 3.8) is 0 Å². The average molecular weight is 266 g/mol. The number of imidazole rings is 1. The van der Waals surface area contributed by atoms with Gasteiger partial charge in [0, 0.05) is 30.9 Å². The van der Waals surface area contributed by atoms with Crippen molar-refractivity contribution in [1.29, 1.82) is 5.26 Å². The molecule has 0 atom stereocenters. The van der Waals surface area contributed by atoms with Crippen LogP contribution in [0.2, 0.25) is 0 Å². The molecule has 0 aliphatic carbocycles. The van der Waals surface area contributed by atoms with Gasteiger partial charge in [0.05, 0.1) is 18.0 Å². The maximum absolute atomic E-state index is 11.6. The number of aromatic amines is 1. The van der Waals surface area contributed by atoms with Crippen molar-refractivity contribution in [3.8, 4) is 6.07 Å². The third-order valence-corrected chi connectivity index (χ3v) is 2.69. The van der Waals surface area contributed by atoms with Gasteiger partial charge in [-0.1, -0.05) is 12.1 Å². The van der Waals surface area contributed by atoms with Gasteiger partial charge >= 0.3 is 0 Å². The second kappa shape index (κ2) is 6.90. The number of nitrogens with one attached hydrogen (secondary N) is 2. The normalized spacial score (nSPS) is 10.3. The van der Waals surface area contributed by atoms with Gasteiger partial charge in [-0.15, -0.1) is 0 Å². The molecule has 0 fully saturated rings. The Morgan fingerprint density at radius 1 is 1.50 bits per heavy atom. The summed E-state index contributed by atoms with van der Waals surface area (Å²) in [6, 6.07) is 9.14. The molecule has 5 nitrogen and oxygen atoms in total. The van der Waals surface area contributed by atoms with Crippen LogP contribution >= 0.6 is 0 Å². The van der Waals surface area contributed by atoms with Crippen LogP contribution in [0.15, 0.2) is 42.9 Å². The topological polar surface area (TPSA) is 81.6 Å². The van der Waals surface area contributed by atoms with E-state index in [4.69, 9.17) is 5.26 Å². The van der Waals surface area contributed by atoms with E-state index in [1.54, 1.807) is 36.8 Å². The van der Waals surface area contributed by atoms with E-state index in [1.165, 1.54) is 6.08 Å². The number of carbonyl (C=O) groups is 1. The van der Waals surface area contributed by atoms with Gasteiger partial charge in [-0.05, 0) is 23.8 Å². The van der Waals surface area contributed by atoms with Gasteiger partial charge in [-0.3, -0.25) is 4.79 Å². The summed E-state index contributed by atoms with van der Waals surface area (Å²) in [5, 5.41) is 11.6. The Labute approximate surface area is 117 Å². The number of aromatic nitrogens is 2. The highest BCUT2D eigenvalue weighted by Crippen LogP contribution is 2.05. The Balaban J connectivity index is 1.81. The minimum absolute atomic E-state index is 0.160. The zero-order valence-corrected chi connectivity index (χ0v) is 10.8. The van der Waals surface area contributed by atoms with Crippen LogP contribution in [0.25, 0.3) is 6.08 Å². The van der Waals surface area contributed by atoms with Gasteiger partial charge in [0.15, 0.2) is 0 Å². The molecular formula is C15H14N4O. The first kappa shape index (κ1) is 13.6. The van der Waals surface area contributed by atoms with Crippen LogP contribution in [0.5, 0.6) is 0 Å². The summed E-state index contributed by atoms with van der Waals surface area (Å²) in [5.41, 5.74) is 2.38. The molecule has 100 valence electrons. The number of H-pyrrole nitrogens is 1. The summed E-state index contributed by atoms with van der Waals surface area (Å²) < 4.78 is 0. The van der Waals surface area contributed by atoms with Crippen LogP contribution < -0.4 is 5.32 Å². The Morgan fingerprint density at radius 2 is 2.40 bits per heavy atom. The maximum Gasteiger partial charge on any atom is 0.244 e. The van der Waals surface area contributed by atoms with Crippen molar-refractivity contribution < 1.29 is 4.79 Å². The molecule has 5 heteroatoms. The molecule has 2 N–H and O–H groups in total. The van der Waals surface area contributed by atoms with Crippen LogP contribution in [-0.4, -0.2) is 22.4 Å². The van der Waals surface area contributed by atoms with Crippen LogP contribution in [0.3, 0.4) is 0 Å². The fraction of sp³-hybridized carbons (Fsp3) is 0.133. The predicted octanol–water partition coefficient (Wildman–Crippen LogP) is 1.65. The Bertz CT molecular complexity index is 638. The number of amides is 1. The van der Waals surface area contributed by atoms with E-state index < -0.39 is 0 Å². The minimum Gasteiger partial charge on any atom is -0.352 e. The SMILES string of the molecule is N#Cc1cccc(C=CC(=O)NCCc2cnc[nH]2)c1. The van der Waals surface area contributed by atoms with E-state index in [9.17, 15) is 4.79 Å². The molecule has 20 heavy (non-hydrogen) atoms. The Morgan fingerprint density at radius 3 is 3.15 bits per heavy atom. The highest BCUT2D eigenvalue weighted by atomic mass is 16.1. The summed E-state index contributed by atoms with van der Waals surface area (Å²) in [5.74, 6) is -0.160. The molecule has 1 aromatic carbocycles. The molecule has 0 spiro atoms. The number of nitrogens with zero attached hydrogens (tertiary/aromatic N) is 2. The van der Waals surface area contributed by atoms with Gasteiger partial charge in [-0.25, -0.2) is 4.98 Å². The van der Waals surface area contributed by atoms with Crippen LogP contribution in [0.4, 0.5) is 0 Å². The number of rotatable bonds is 5. The first-order valence-corrected chi connectivity index (χ1v) is 6.21. The van der Waals surface area contributed by atoms with Gasteiger partial charge in [-0.2, -0.15) is 5.26 Å². The zero-order valence-electron chi connectivity index (χ0n) is 10.8. The molecule has 0 bridgehead atoms. The van der Waals surface area contributed by atoms with Gasteiger partial charge in [0.1, 0.15) is 0 Å². The van der Waals surface area contributed by atoms with Crippen LogP contribution in [0, 0.1) is 11.3 Å². The minimum atomic E-state index is -0.160. The number of benzene rings is 1. The number of nitriles is 1. The molecule has 0 aliphatic rings. The lowest BCUT2D eigenvalue weighted by atomic mass is 10.1. The lowest BCUT2D eigenvalue weighted by Gasteiger charge is -2.00. The van der Waals surface area contributed by atoms with E-state index in [-0.39, 0.29) is 5.91 Å². The van der Waals surface area contributed by atoms with Crippen molar-refractivity contribution in [2.24, 2.45) is 0 Å². The molecule has 0 aliphatic heterocycles. The maximum atomic E-state index is 11.6. The quantitative estimate of drug-likeness (QED) is 0.807. The van der Waals surface area contributed by atoms with E-state index in [1.807, 2.05) is 6.07 Å². The van der Waals surface area contributed by atoms with Gasteiger partial charge in [0.25, 0.3) is 0 Å². The third-order valence-electron chi connectivity index (χ3n) is 2.69. The molecule has 1 aromatic heterocycles. The molecule has 2 aromatic rings. The van der Waals surface area contributed by atoms with E-state index in [0.717, 1.165) is 11.3 Å². The zero-order chi connectivity index (χ0) is 14.2. The second-order valence-corrected chi connectivity index (χ2v) is 4.19. The molecule has 1 heterocycles. The molecule has 0 saturated heterocycles. The fourth-order valence-corrected chi connectivity index (χ4v) is 1.68. The Kier molecular flexibility index (Phi) is 4.68. The fourth-order valence-electron chi connectivity index (χ4n) is 1.68. The molecule has 1 amide bonds. The van der Waals surface area contributed by atoms with Crippen molar-refractivity contribution in [2.75, 3.05) is 6.54 Å². The van der Waals surface area contributed by atoms with E-state index in [0.29, 0.717) is 18.5 Å². The van der Waals surface area contributed by atoms with Crippen LogP contribution in [0.1, 0.15) is 16.8 Å². The second-order valence-electron chi connectivity index (χ2n) is 4.19. The average Bonchev–Trinajstić information content (AvgIpc) is 2.98. The van der Waals surface area contributed by atoms with E-state index >= 15 is 0 Å². The highest BCUT2D eigenvalue weighted by molar-refractivity contribution is 5.91. The molecular weight excluding hydrogens is 252 g/mol. The molecule has 0 saturated carbocycles. The first-order valence-electron chi connectivity index (χ1n) is 6.21. The molecule has 0 unspecified atom stereocenters. The highest BCUT2D eigenvalue weighted by Gasteiger charge is 1.97. The van der Waals surface area contributed by atoms with Crippen LogP contribution in [-0.2, 0) is 11.2 Å².